The van der Waals surface area contributed by atoms with E-state index >= 15 is 4.39 Å². The first kappa shape index (κ1) is 25.8. The maximum atomic E-state index is 15.4. The molecule has 7 nitrogen and oxygen atoms in total. The first-order chi connectivity index (χ1) is 16.7. The van der Waals surface area contributed by atoms with E-state index in [1.165, 1.54) is 0 Å². The van der Waals surface area contributed by atoms with Crippen molar-refractivity contribution < 1.29 is 4.39 Å². The number of nitrogens with one attached hydrogen (secondary N) is 1. The average molecular weight is 539 g/mol. The maximum Gasteiger partial charge on any atom is 0.184 e. The van der Waals surface area contributed by atoms with Crippen molar-refractivity contribution >= 4 is 63.8 Å². The minimum atomic E-state index is -0.284. The second-order valence-electron chi connectivity index (χ2n) is 9.05. The Bertz CT molecular complexity index is 1090. The molecule has 2 fully saturated rings. The zero-order valence-corrected chi connectivity index (χ0v) is 22.2. The monoisotopic (exact) mass is 537 g/mol. The summed E-state index contributed by atoms with van der Waals surface area (Å²) in [5.74, 6) is -0.284. The molecule has 0 spiro atoms. The zero-order chi connectivity index (χ0) is 25.1. The van der Waals surface area contributed by atoms with Crippen LogP contribution in [-0.2, 0) is 0 Å². The molecule has 0 aliphatic carbocycles. The van der Waals surface area contributed by atoms with Crippen LogP contribution in [0.3, 0.4) is 0 Å². The molecule has 2 aromatic rings. The third-order valence-corrected chi connectivity index (χ3v) is 7.07. The summed E-state index contributed by atoms with van der Waals surface area (Å²) in [4.78, 5) is 8.83. The van der Waals surface area contributed by atoms with Crippen LogP contribution in [0.1, 0.15) is 12.0 Å². The predicted octanol–water partition coefficient (Wildman–Crippen LogP) is 3.77. The van der Waals surface area contributed by atoms with Gasteiger partial charge < -0.3 is 25.3 Å². The Morgan fingerprint density at radius 2 is 1.69 bits per heavy atom. The minimum Gasteiger partial charge on any atom is -0.375 e. The molecule has 188 valence electrons. The van der Waals surface area contributed by atoms with E-state index in [1.54, 1.807) is 18.3 Å². The lowest BCUT2D eigenvalue weighted by Gasteiger charge is -2.38. The molecule has 2 aliphatic heterocycles. The summed E-state index contributed by atoms with van der Waals surface area (Å²) in [5, 5.41) is 5.36. The molecule has 0 amide bonds. The number of nitrogens with zero attached hydrogens (tertiary/aromatic N) is 5. The molecular formula is C24H30Cl2FN7S. The number of rotatable bonds is 6. The van der Waals surface area contributed by atoms with Gasteiger partial charge in [-0.3, -0.25) is 5.43 Å². The largest absolute Gasteiger partial charge is 0.375 e. The molecule has 0 aromatic heterocycles. The highest BCUT2D eigenvalue weighted by atomic mass is 35.5. The van der Waals surface area contributed by atoms with Crippen LogP contribution in [0.25, 0.3) is 0 Å². The number of hydrogen-bond donors (Lipinski definition) is 2. The number of hydrogen-bond acceptors (Lipinski definition) is 6. The Morgan fingerprint density at radius 3 is 2.29 bits per heavy atom. The lowest BCUT2D eigenvalue weighted by molar-refractivity contribution is 0.315. The average Bonchev–Trinajstić information content (AvgIpc) is 3.29. The second kappa shape index (κ2) is 11.2. The van der Waals surface area contributed by atoms with E-state index in [0.717, 1.165) is 44.0 Å². The van der Waals surface area contributed by atoms with Gasteiger partial charge in [0.05, 0.1) is 11.9 Å². The standard InChI is InChI=1S/C24H30Cl2FN7S/c1-31(2)19-3-4-34(15-19)22-13-23(21(27)9-16(22)14-29-30-24(28)35)33-7-5-32(6-8-33)20-11-17(25)10-18(26)12-20/h9-14,19H,3-8,15H2,1-2H3,(H3,28,30,35). The van der Waals surface area contributed by atoms with Gasteiger partial charge in [0.25, 0.3) is 0 Å². The summed E-state index contributed by atoms with van der Waals surface area (Å²) >= 11 is 17.2. The van der Waals surface area contributed by atoms with E-state index in [4.69, 9.17) is 41.2 Å². The van der Waals surface area contributed by atoms with Crippen LogP contribution in [-0.4, -0.2) is 75.6 Å². The van der Waals surface area contributed by atoms with Crippen molar-refractivity contribution in [2.45, 2.75) is 12.5 Å². The molecule has 35 heavy (non-hydrogen) atoms. The van der Waals surface area contributed by atoms with Crippen LogP contribution in [0, 0.1) is 5.82 Å². The molecule has 3 N–H and O–H groups in total. The highest BCUT2D eigenvalue weighted by Crippen LogP contribution is 2.33. The molecule has 2 aliphatic rings. The lowest BCUT2D eigenvalue weighted by atomic mass is 10.1. The van der Waals surface area contributed by atoms with Crippen molar-refractivity contribution in [3.05, 3.63) is 51.8 Å². The highest BCUT2D eigenvalue weighted by molar-refractivity contribution is 7.80. The van der Waals surface area contributed by atoms with Gasteiger partial charge in [-0.2, -0.15) is 5.10 Å². The van der Waals surface area contributed by atoms with Gasteiger partial charge in [-0.25, -0.2) is 4.39 Å². The molecule has 2 heterocycles. The first-order valence-corrected chi connectivity index (χ1v) is 12.7. The first-order valence-electron chi connectivity index (χ1n) is 11.5. The molecule has 0 radical (unpaired) electrons. The summed E-state index contributed by atoms with van der Waals surface area (Å²) in [6.07, 6.45) is 2.62. The van der Waals surface area contributed by atoms with Gasteiger partial charge >= 0.3 is 0 Å². The Labute approximate surface area is 221 Å². The van der Waals surface area contributed by atoms with Gasteiger partial charge in [-0.05, 0) is 63.1 Å². The second-order valence-corrected chi connectivity index (χ2v) is 10.4. The molecule has 2 aromatic carbocycles. The molecular weight excluding hydrogens is 508 g/mol. The lowest BCUT2D eigenvalue weighted by Crippen LogP contribution is -2.47. The fraction of sp³-hybridized carbons (Fsp3) is 0.417. The quantitative estimate of drug-likeness (QED) is 0.330. The molecule has 11 heteroatoms. The topological polar surface area (TPSA) is 63.4 Å². The number of nitrogens with two attached hydrogens (primary N) is 1. The Morgan fingerprint density at radius 1 is 1.03 bits per heavy atom. The Hall–Kier alpha value is -2.33. The number of halogens is 3. The molecule has 4 rings (SSSR count). The summed E-state index contributed by atoms with van der Waals surface area (Å²) in [7, 11) is 4.18. The third kappa shape index (κ3) is 6.27. The fourth-order valence-electron chi connectivity index (χ4n) is 4.66. The summed E-state index contributed by atoms with van der Waals surface area (Å²) in [6.45, 7) is 4.58. The summed E-state index contributed by atoms with van der Waals surface area (Å²) in [6, 6.07) is 9.47. The van der Waals surface area contributed by atoms with Gasteiger partial charge in [0.1, 0.15) is 5.82 Å². The number of benzene rings is 2. The Kier molecular flexibility index (Phi) is 8.21. The third-order valence-electron chi connectivity index (χ3n) is 6.54. The van der Waals surface area contributed by atoms with Crippen LogP contribution < -0.4 is 25.9 Å². The van der Waals surface area contributed by atoms with Gasteiger partial charge in [0.15, 0.2) is 5.11 Å². The van der Waals surface area contributed by atoms with Crippen molar-refractivity contribution in [1.82, 2.24) is 10.3 Å². The van der Waals surface area contributed by atoms with Crippen molar-refractivity contribution in [2.75, 3.05) is 68.1 Å². The molecule has 2 saturated heterocycles. The molecule has 0 bridgehead atoms. The number of piperazine rings is 1. The van der Waals surface area contributed by atoms with Crippen LogP contribution in [0.5, 0.6) is 0 Å². The zero-order valence-electron chi connectivity index (χ0n) is 19.8. The van der Waals surface area contributed by atoms with E-state index in [0.29, 0.717) is 40.4 Å². The van der Waals surface area contributed by atoms with Gasteiger partial charge in [0, 0.05) is 72.3 Å². The SMILES string of the molecule is CN(C)C1CCN(c2cc(N3CCN(c4cc(Cl)cc(Cl)c4)CC3)c(F)cc2C=NNC(N)=S)C1. The molecule has 0 saturated carbocycles. The van der Waals surface area contributed by atoms with E-state index in [9.17, 15) is 0 Å². The van der Waals surface area contributed by atoms with Crippen molar-refractivity contribution in [1.29, 1.82) is 0 Å². The van der Waals surface area contributed by atoms with Crippen LogP contribution >= 0.6 is 35.4 Å². The van der Waals surface area contributed by atoms with E-state index in [2.05, 4.69) is 44.2 Å². The smallest absolute Gasteiger partial charge is 0.184 e. The number of hydrazone groups is 1. The normalized spacial score (nSPS) is 18.7. The minimum absolute atomic E-state index is 0.0626. The van der Waals surface area contributed by atoms with E-state index < -0.39 is 0 Å². The molecule has 1 atom stereocenters. The number of anilines is 3. The maximum absolute atomic E-state index is 15.4. The predicted molar refractivity (Wildman–Crippen MR) is 149 cm³/mol. The number of thiocarbonyl (C=S) groups is 1. The van der Waals surface area contributed by atoms with E-state index in [1.807, 2.05) is 18.2 Å². The van der Waals surface area contributed by atoms with Crippen molar-refractivity contribution in [3.8, 4) is 0 Å². The Balaban J connectivity index is 1.57. The van der Waals surface area contributed by atoms with Crippen LogP contribution in [0.4, 0.5) is 21.5 Å². The van der Waals surface area contributed by atoms with Crippen molar-refractivity contribution in [2.24, 2.45) is 10.8 Å². The van der Waals surface area contributed by atoms with Gasteiger partial charge in [-0.1, -0.05) is 23.2 Å². The van der Waals surface area contributed by atoms with Crippen LogP contribution in [0.15, 0.2) is 35.4 Å². The highest BCUT2D eigenvalue weighted by Gasteiger charge is 2.28. The fourth-order valence-corrected chi connectivity index (χ4v) is 5.23. The van der Waals surface area contributed by atoms with Crippen molar-refractivity contribution in [3.63, 3.8) is 0 Å². The molecule has 1 unspecified atom stereocenters. The summed E-state index contributed by atoms with van der Waals surface area (Å²) in [5.41, 5.74) is 11.2. The van der Waals surface area contributed by atoms with Crippen LogP contribution in [0.2, 0.25) is 10.0 Å². The van der Waals surface area contributed by atoms with Gasteiger partial charge in [-0.15, -0.1) is 0 Å². The van der Waals surface area contributed by atoms with Gasteiger partial charge in [0.2, 0.25) is 0 Å². The number of likely N-dealkylation sites (N-methyl/N-ethyl adjacent to an activating group) is 1. The van der Waals surface area contributed by atoms with E-state index in [-0.39, 0.29) is 10.9 Å². The summed E-state index contributed by atoms with van der Waals surface area (Å²) < 4.78 is 15.4.